The van der Waals surface area contributed by atoms with E-state index in [9.17, 15) is 0 Å². The molecule has 0 saturated heterocycles. The van der Waals surface area contributed by atoms with Crippen molar-refractivity contribution in [3.8, 4) is 11.3 Å². The molecule has 72 valence electrons. The van der Waals surface area contributed by atoms with E-state index >= 15 is 0 Å². The van der Waals surface area contributed by atoms with Gasteiger partial charge in [0.05, 0.1) is 6.20 Å². The molecular weight excluding hydrogens is 242 g/mol. The molecule has 1 heterocycles. The van der Waals surface area contributed by atoms with Crippen LogP contribution in [0, 0.1) is 0 Å². The fraction of sp³-hybridized carbons (Fsp3) is 0.182. The van der Waals surface area contributed by atoms with Crippen molar-refractivity contribution in [3.63, 3.8) is 0 Å². The Kier molecular flexibility index (Phi) is 2.99. The first-order chi connectivity index (χ1) is 6.90. The minimum atomic E-state index is 0.815. The van der Waals surface area contributed by atoms with Crippen LogP contribution < -0.4 is 0 Å². The largest absolute Gasteiger partial charge is 0.444 e. The Bertz CT molecular complexity index is 380. The number of aryl methyl sites for hydroxylation is 1. The van der Waals surface area contributed by atoms with Crippen LogP contribution in [-0.4, -0.2) is 10.3 Å². The lowest BCUT2D eigenvalue weighted by Gasteiger charge is -1.99. The van der Waals surface area contributed by atoms with E-state index in [1.165, 1.54) is 12.0 Å². The van der Waals surface area contributed by atoms with Gasteiger partial charge in [-0.1, -0.05) is 40.2 Å². The summed E-state index contributed by atoms with van der Waals surface area (Å²) in [5, 5.41) is 0.995. The van der Waals surface area contributed by atoms with Crippen molar-refractivity contribution in [1.82, 2.24) is 4.98 Å². The van der Waals surface area contributed by atoms with Gasteiger partial charge in [0.1, 0.15) is 0 Å². The van der Waals surface area contributed by atoms with E-state index in [4.69, 9.17) is 4.42 Å². The molecule has 0 amide bonds. The first-order valence-electron chi connectivity index (χ1n) is 4.44. The van der Waals surface area contributed by atoms with Crippen molar-refractivity contribution in [2.45, 2.75) is 6.42 Å². The Labute approximate surface area is 91.1 Å². The van der Waals surface area contributed by atoms with Crippen molar-refractivity contribution in [2.24, 2.45) is 0 Å². The maximum atomic E-state index is 5.20. The Morgan fingerprint density at radius 1 is 1.21 bits per heavy atom. The molecule has 0 aliphatic rings. The van der Waals surface area contributed by atoms with Crippen molar-refractivity contribution in [1.29, 1.82) is 0 Å². The molecule has 14 heavy (non-hydrogen) atoms. The maximum absolute atomic E-state index is 5.20. The minimum absolute atomic E-state index is 0.815. The average Bonchev–Trinajstić information content (AvgIpc) is 2.72. The lowest BCUT2D eigenvalue weighted by molar-refractivity contribution is 0.572. The third-order valence-electron chi connectivity index (χ3n) is 2.05. The number of halogens is 1. The Morgan fingerprint density at radius 2 is 2.00 bits per heavy atom. The van der Waals surface area contributed by atoms with Gasteiger partial charge in [0, 0.05) is 10.9 Å². The van der Waals surface area contributed by atoms with Crippen LogP contribution in [0.3, 0.4) is 0 Å². The highest BCUT2D eigenvalue weighted by Gasteiger charge is 2.00. The van der Waals surface area contributed by atoms with E-state index in [1.807, 2.05) is 0 Å². The van der Waals surface area contributed by atoms with Crippen LogP contribution in [-0.2, 0) is 6.42 Å². The molecule has 0 bridgehead atoms. The molecule has 0 N–H and O–H groups in total. The Hall–Kier alpha value is -1.09. The van der Waals surface area contributed by atoms with Gasteiger partial charge in [0.2, 0.25) is 0 Å². The van der Waals surface area contributed by atoms with Crippen LogP contribution in [0.15, 0.2) is 41.3 Å². The normalized spacial score (nSPS) is 10.4. The minimum Gasteiger partial charge on any atom is -0.444 e. The van der Waals surface area contributed by atoms with E-state index < -0.39 is 0 Å². The zero-order valence-electron chi connectivity index (χ0n) is 7.61. The molecule has 1 aromatic heterocycles. The molecule has 1 aromatic carbocycles. The van der Waals surface area contributed by atoms with Gasteiger partial charge in [-0.05, 0) is 12.0 Å². The molecule has 0 fully saturated rings. The first-order valence-corrected chi connectivity index (χ1v) is 5.56. The monoisotopic (exact) mass is 251 g/mol. The standard InChI is InChI=1S/C11H10BrNO/c12-6-5-9-1-3-10(4-2-9)11-7-13-8-14-11/h1-4,7-8H,5-6H2. The third kappa shape index (κ3) is 2.04. The molecular formula is C11H10BrNO. The maximum Gasteiger partial charge on any atom is 0.181 e. The zero-order chi connectivity index (χ0) is 9.80. The summed E-state index contributed by atoms with van der Waals surface area (Å²) in [5.41, 5.74) is 2.39. The fourth-order valence-electron chi connectivity index (χ4n) is 1.30. The van der Waals surface area contributed by atoms with E-state index in [0.717, 1.165) is 23.1 Å². The van der Waals surface area contributed by atoms with Crippen LogP contribution in [0.4, 0.5) is 0 Å². The molecule has 0 unspecified atom stereocenters. The molecule has 0 radical (unpaired) electrons. The van der Waals surface area contributed by atoms with Gasteiger partial charge in [-0.25, -0.2) is 4.98 Å². The van der Waals surface area contributed by atoms with Gasteiger partial charge in [0.15, 0.2) is 12.2 Å². The molecule has 0 aliphatic carbocycles. The summed E-state index contributed by atoms with van der Waals surface area (Å²) in [6.45, 7) is 0. The third-order valence-corrected chi connectivity index (χ3v) is 2.45. The second-order valence-electron chi connectivity index (χ2n) is 3.00. The number of nitrogens with zero attached hydrogens (tertiary/aromatic N) is 1. The summed E-state index contributed by atoms with van der Waals surface area (Å²) in [4.78, 5) is 3.88. The van der Waals surface area contributed by atoms with Gasteiger partial charge in [0.25, 0.3) is 0 Å². The van der Waals surface area contributed by atoms with Crippen LogP contribution in [0.25, 0.3) is 11.3 Å². The average molecular weight is 252 g/mol. The summed E-state index contributed by atoms with van der Waals surface area (Å²) in [6, 6.07) is 8.33. The molecule has 0 aliphatic heterocycles. The molecule has 2 aromatic rings. The summed E-state index contributed by atoms with van der Waals surface area (Å²) in [7, 11) is 0. The zero-order valence-corrected chi connectivity index (χ0v) is 9.20. The first kappa shape index (κ1) is 9.46. The number of hydrogen-bond acceptors (Lipinski definition) is 2. The highest BCUT2D eigenvalue weighted by molar-refractivity contribution is 9.09. The molecule has 3 heteroatoms. The Balaban J connectivity index is 2.22. The van der Waals surface area contributed by atoms with Crippen molar-refractivity contribution < 1.29 is 4.42 Å². The number of hydrogen-bond donors (Lipinski definition) is 0. The van der Waals surface area contributed by atoms with E-state index in [1.54, 1.807) is 6.20 Å². The summed E-state index contributed by atoms with van der Waals surface area (Å²) >= 11 is 3.41. The topological polar surface area (TPSA) is 26.0 Å². The number of aromatic nitrogens is 1. The Morgan fingerprint density at radius 3 is 2.57 bits per heavy atom. The van der Waals surface area contributed by atoms with Gasteiger partial charge < -0.3 is 4.42 Å². The number of benzene rings is 1. The number of rotatable bonds is 3. The summed E-state index contributed by atoms with van der Waals surface area (Å²) in [6.07, 6.45) is 4.22. The lowest BCUT2D eigenvalue weighted by Crippen LogP contribution is -1.84. The predicted octanol–water partition coefficient (Wildman–Crippen LogP) is 3.28. The summed E-state index contributed by atoms with van der Waals surface area (Å²) in [5.74, 6) is 0.815. The lowest BCUT2D eigenvalue weighted by atomic mass is 10.1. The van der Waals surface area contributed by atoms with Gasteiger partial charge in [-0.15, -0.1) is 0 Å². The summed E-state index contributed by atoms with van der Waals surface area (Å²) < 4.78 is 5.20. The highest BCUT2D eigenvalue weighted by Crippen LogP contribution is 2.19. The van der Waals surface area contributed by atoms with Crippen molar-refractivity contribution >= 4 is 15.9 Å². The molecule has 2 nitrogen and oxygen atoms in total. The smallest absolute Gasteiger partial charge is 0.181 e. The van der Waals surface area contributed by atoms with Crippen LogP contribution in [0.2, 0.25) is 0 Å². The predicted molar refractivity (Wildman–Crippen MR) is 59.4 cm³/mol. The van der Waals surface area contributed by atoms with Gasteiger partial charge in [-0.3, -0.25) is 0 Å². The quantitative estimate of drug-likeness (QED) is 0.783. The SMILES string of the molecule is BrCCc1ccc(-c2cnco2)cc1. The van der Waals surface area contributed by atoms with E-state index in [0.29, 0.717) is 0 Å². The molecule has 2 rings (SSSR count). The van der Waals surface area contributed by atoms with Crippen LogP contribution in [0.1, 0.15) is 5.56 Å². The van der Waals surface area contributed by atoms with Crippen LogP contribution in [0.5, 0.6) is 0 Å². The molecule has 0 spiro atoms. The van der Waals surface area contributed by atoms with Crippen LogP contribution >= 0.6 is 15.9 Å². The molecule has 0 saturated carbocycles. The van der Waals surface area contributed by atoms with E-state index in [2.05, 4.69) is 45.2 Å². The van der Waals surface area contributed by atoms with E-state index in [-0.39, 0.29) is 0 Å². The fourth-order valence-corrected chi connectivity index (χ4v) is 1.76. The number of oxazole rings is 1. The number of alkyl halides is 1. The second-order valence-corrected chi connectivity index (χ2v) is 3.79. The van der Waals surface area contributed by atoms with Crippen molar-refractivity contribution in [3.05, 3.63) is 42.4 Å². The highest BCUT2D eigenvalue weighted by atomic mass is 79.9. The second kappa shape index (κ2) is 4.42. The van der Waals surface area contributed by atoms with Gasteiger partial charge in [-0.2, -0.15) is 0 Å². The van der Waals surface area contributed by atoms with Gasteiger partial charge >= 0.3 is 0 Å². The van der Waals surface area contributed by atoms with Crippen molar-refractivity contribution in [2.75, 3.05) is 5.33 Å². The molecule has 0 atom stereocenters.